The molecule has 0 fully saturated rings. The zero-order chi connectivity index (χ0) is 18.6. The van der Waals surface area contributed by atoms with Crippen LogP contribution >= 0.6 is 0 Å². The van der Waals surface area contributed by atoms with Crippen LogP contribution in [0.25, 0.3) is 5.69 Å². The van der Waals surface area contributed by atoms with E-state index in [-0.39, 0.29) is 17.7 Å². The molecule has 1 N–H and O–H groups in total. The average Bonchev–Trinajstić information content (AvgIpc) is 3.17. The number of fused-ring (bicyclic) bond motifs is 1. The number of nitrogens with zero attached hydrogens (tertiary/aromatic N) is 2. The Morgan fingerprint density at radius 2 is 1.93 bits per heavy atom. The van der Waals surface area contributed by atoms with E-state index in [1.165, 1.54) is 7.11 Å². The van der Waals surface area contributed by atoms with Gasteiger partial charge in [-0.25, -0.2) is 4.68 Å². The summed E-state index contributed by atoms with van der Waals surface area (Å²) in [6, 6.07) is 17.0. The maximum Gasteiger partial charge on any atom is 0.275 e. The van der Waals surface area contributed by atoms with Gasteiger partial charge in [0.2, 0.25) is 0 Å². The van der Waals surface area contributed by atoms with Gasteiger partial charge in [-0.15, -0.1) is 0 Å². The summed E-state index contributed by atoms with van der Waals surface area (Å²) in [6.45, 7) is 0.668. The Balaban J connectivity index is 1.44. The minimum Gasteiger partial charge on any atom is -0.493 e. The number of carbonyl (C=O) groups is 1. The van der Waals surface area contributed by atoms with Gasteiger partial charge in [0.05, 0.1) is 25.5 Å². The van der Waals surface area contributed by atoms with Gasteiger partial charge in [0, 0.05) is 0 Å². The Morgan fingerprint density at radius 1 is 1.19 bits per heavy atom. The number of benzene rings is 2. The van der Waals surface area contributed by atoms with E-state index in [0.29, 0.717) is 30.4 Å². The molecule has 0 aliphatic carbocycles. The van der Waals surface area contributed by atoms with Crippen molar-refractivity contribution in [3.8, 4) is 22.9 Å². The zero-order valence-corrected chi connectivity index (χ0v) is 14.8. The molecule has 0 saturated carbocycles. The first-order chi connectivity index (χ1) is 13.2. The molecule has 0 bridgehead atoms. The van der Waals surface area contributed by atoms with Crippen LogP contribution in [0.1, 0.15) is 10.5 Å². The summed E-state index contributed by atoms with van der Waals surface area (Å²) in [6.07, 6.45) is 1.41. The van der Waals surface area contributed by atoms with Crippen LogP contribution < -0.4 is 19.5 Å². The molecular weight excluding hydrogens is 346 g/mol. The molecule has 0 radical (unpaired) electrons. The highest BCUT2D eigenvalue weighted by Crippen LogP contribution is 2.30. The number of carbonyl (C=O) groups excluding carboxylic acids is 1. The third-order valence-electron chi connectivity index (χ3n) is 4.19. The van der Waals surface area contributed by atoms with Gasteiger partial charge >= 0.3 is 0 Å². The van der Waals surface area contributed by atoms with Crippen LogP contribution in [0.3, 0.4) is 0 Å². The molecule has 1 aromatic heterocycles. The van der Waals surface area contributed by atoms with E-state index in [9.17, 15) is 4.79 Å². The average molecular weight is 365 g/mol. The van der Waals surface area contributed by atoms with Crippen LogP contribution in [0.15, 0.2) is 60.8 Å². The highest BCUT2D eigenvalue weighted by molar-refractivity contribution is 5.95. The molecule has 27 heavy (non-hydrogen) atoms. The highest BCUT2D eigenvalue weighted by atomic mass is 16.6. The molecule has 1 amide bonds. The van der Waals surface area contributed by atoms with E-state index in [2.05, 4.69) is 10.4 Å². The molecule has 7 heteroatoms. The van der Waals surface area contributed by atoms with E-state index >= 15 is 0 Å². The number of aromatic nitrogens is 2. The largest absolute Gasteiger partial charge is 0.493 e. The lowest BCUT2D eigenvalue weighted by Crippen LogP contribution is -2.40. The molecule has 3 aromatic rings. The molecule has 1 aliphatic heterocycles. The summed E-state index contributed by atoms with van der Waals surface area (Å²) in [5.74, 6) is 1.46. The number of rotatable bonds is 5. The number of methoxy groups -OCH3 is 1. The number of ether oxygens (including phenoxy) is 3. The maximum atomic E-state index is 12.6. The summed E-state index contributed by atoms with van der Waals surface area (Å²) >= 11 is 0. The first-order valence-corrected chi connectivity index (χ1v) is 8.60. The smallest absolute Gasteiger partial charge is 0.275 e. The molecule has 0 saturated heterocycles. The van der Waals surface area contributed by atoms with Crippen molar-refractivity contribution in [3.05, 3.63) is 66.5 Å². The Bertz CT molecular complexity index is 939. The van der Waals surface area contributed by atoms with Crippen molar-refractivity contribution < 1.29 is 19.0 Å². The van der Waals surface area contributed by atoms with Gasteiger partial charge in [-0.05, 0) is 24.3 Å². The number of amides is 1. The zero-order valence-electron chi connectivity index (χ0n) is 14.8. The first-order valence-electron chi connectivity index (χ1n) is 8.60. The Kier molecular flexibility index (Phi) is 4.65. The number of hydrogen-bond acceptors (Lipinski definition) is 5. The van der Waals surface area contributed by atoms with Crippen molar-refractivity contribution in [2.75, 3.05) is 20.3 Å². The van der Waals surface area contributed by atoms with Gasteiger partial charge in [0.25, 0.3) is 5.91 Å². The fourth-order valence-corrected chi connectivity index (χ4v) is 2.83. The number of nitrogens with one attached hydrogen (secondary N) is 1. The van der Waals surface area contributed by atoms with Crippen LogP contribution in [0, 0.1) is 0 Å². The fraction of sp³-hybridized carbons (Fsp3) is 0.200. The van der Waals surface area contributed by atoms with Crippen molar-refractivity contribution in [2.24, 2.45) is 0 Å². The molecule has 0 spiro atoms. The lowest BCUT2D eigenvalue weighted by Gasteiger charge is -2.26. The van der Waals surface area contributed by atoms with Gasteiger partial charge in [-0.3, -0.25) is 4.79 Å². The number of para-hydroxylation sites is 3. The van der Waals surface area contributed by atoms with Crippen LogP contribution in [0.4, 0.5) is 0 Å². The standard InChI is InChI=1S/C20H19N3O4/c1-25-18-12-23(14-7-3-2-4-8-14)22-19(18)20(24)21-11-15-13-26-16-9-5-6-10-17(16)27-15/h2-10,12,15H,11,13H2,1H3,(H,21,24)/t15-/m1/s1. The predicted molar refractivity (Wildman–Crippen MR) is 98.8 cm³/mol. The predicted octanol–water partition coefficient (Wildman–Crippen LogP) is 2.45. The minimum absolute atomic E-state index is 0.221. The third-order valence-corrected chi connectivity index (χ3v) is 4.19. The van der Waals surface area contributed by atoms with Gasteiger partial charge < -0.3 is 19.5 Å². The quantitative estimate of drug-likeness (QED) is 0.752. The molecule has 138 valence electrons. The van der Waals surface area contributed by atoms with Crippen molar-refractivity contribution in [3.63, 3.8) is 0 Å². The summed E-state index contributed by atoms with van der Waals surface area (Å²) in [5, 5.41) is 7.20. The molecular formula is C20H19N3O4. The monoisotopic (exact) mass is 365 g/mol. The SMILES string of the molecule is COc1cn(-c2ccccc2)nc1C(=O)NC[C@@H]1COc2ccccc2O1. The molecule has 4 rings (SSSR count). The first kappa shape index (κ1) is 17.0. The van der Waals surface area contributed by atoms with E-state index in [1.54, 1.807) is 10.9 Å². The van der Waals surface area contributed by atoms with Crippen LogP contribution in [0.5, 0.6) is 17.2 Å². The minimum atomic E-state index is -0.330. The number of hydrogen-bond donors (Lipinski definition) is 1. The summed E-state index contributed by atoms with van der Waals surface area (Å²) in [7, 11) is 1.51. The Hall–Kier alpha value is -3.48. The maximum absolute atomic E-state index is 12.6. The molecule has 2 aromatic carbocycles. The van der Waals surface area contributed by atoms with Crippen molar-refractivity contribution in [2.45, 2.75) is 6.10 Å². The van der Waals surface area contributed by atoms with E-state index in [0.717, 1.165) is 5.69 Å². The topological polar surface area (TPSA) is 74.6 Å². The molecule has 7 nitrogen and oxygen atoms in total. The second-order valence-electron chi connectivity index (χ2n) is 6.03. The van der Waals surface area contributed by atoms with E-state index in [1.807, 2.05) is 54.6 Å². The molecule has 1 aliphatic rings. The van der Waals surface area contributed by atoms with Crippen molar-refractivity contribution in [1.29, 1.82) is 0 Å². The lowest BCUT2D eigenvalue weighted by molar-refractivity contribution is 0.0784. The van der Waals surface area contributed by atoms with Crippen LogP contribution in [0.2, 0.25) is 0 Å². The second kappa shape index (κ2) is 7.41. The fourth-order valence-electron chi connectivity index (χ4n) is 2.83. The van der Waals surface area contributed by atoms with Crippen LogP contribution in [-0.4, -0.2) is 42.1 Å². The Morgan fingerprint density at radius 3 is 2.70 bits per heavy atom. The molecule has 0 unspecified atom stereocenters. The van der Waals surface area contributed by atoms with E-state index in [4.69, 9.17) is 14.2 Å². The highest BCUT2D eigenvalue weighted by Gasteiger charge is 2.23. The summed E-state index contributed by atoms with van der Waals surface area (Å²) in [5.41, 5.74) is 1.06. The summed E-state index contributed by atoms with van der Waals surface area (Å²) < 4.78 is 18.4. The second-order valence-corrected chi connectivity index (χ2v) is 6.03. The molecule has 2 heterocycles. The van der Waals surface area contributed by atoms with Gasteiger partial charge in [-0.2, -0.15) is 5.10 Å². The van der Waals surface area contributed by atoms with Gasteiger partial charge in [0.15, 0.2) is 22.9 Å². The summed E-state index contributed by atoms with van der Waals surface area (Å²) in [4.78, 5) is 12.6. The Labute approximate surface area is 156 Å². The van der Waals surface area contributed by atoms with Gasteiger partial charge in [-0.1, -0.05) is 30.3 Å². The normalized spacial score (nSPS) is 15.2. The van der Waals surface area contributed by atoms with Crippen LogP contribution in [-0.2, 0) is 0 Å². The van der Waals surface area contributed by atoms with E-state index < -0.39 is 0 Å². The van der Waals surface area contributed by atoms with Gasteiger partial charge in [0.1, 0.15) is 12.7 Å². The lowest BCUT2D eigenvalue weighted by atomic mass is 10.2. The third kappa shape index (κ3) is 3.57. The van der Waals surface area contributed by atoms with Crippen molar-refractivity contribution >= 4 is 5.91 Å². The molecule has 1 atom stereocenters. The van der Waals surface area contributed by atoms with Crippen molar-refractivity contribution in [1.82, 2.24) is 15.1 Å².